The first-order valence-electron chi connectivity index (χ1n) is 2.78. The van der Waals surface area contributed by atoms with Crippen molar-refractivity contribution in [2.45, 2.75) is 18.3 Å². The molecule has 0 aromatic rings. The summed E-state index contributed by atoms with van der Waals surface area (Å²) in [6.07, 6.45) is -1.74. The third-order valence-corrected chi connectivity index (χ3v) is 0.988. The van der Waals surface area contributed by atoms with Crippen LogP contribution in [0.3, 0.4) is 0 Å². The molecule has 0 amide bonds. The van der Waals surface area contributed by atoms with Gasteiger partial charge in [-0.3, -0.25) is 0 Å². The SMILES string of the molecule is C=CC(F)(F)CC(F)(F)CF. The lowest BCUT2D eigenvalue weighted by Gasteiger charge is -2.17. The van der Waals surface area contributed by atoms with Gasteiger partial charge in [-0.15, -0.1) is 0 Å². The highest BCUT2D eigenvalue weighted by Gasteiger charge is 2.41. The highest BCUT2D eigenvalue weighted by atomic mass is 19.3. The Balaban J connectivity index is 4.12. The maximum atomic E-state index is 12.1. The smallest absolute Gasteiger partial charge is 0.244 e. The summed E-state index contributed by atoms with van der Waals surface area (Å²) in [4.78, 5) is 0. The van der Waals surface area contributed by atoms with Crippen molar-refractivity contribution >= 4 is 0 Å². The first-order valence-corrected chi connectivity index (χ1v) is 2.78. The van der Waals surface area contributed by atoms with Gasteiger partial charge in [0.1, 0.15) is 0 Å². The molecule has 11 heavy (non-hydrogen) atoms. The van der Waals surface area contributed by atoms with Crippen molar-refractivity contribution in [3.8, 4) is 0 Å². The molecule has 0 unspecified atom stereocenters. The van der Waals surface area contributed by atoms with Crippen molar-refractivity contribution in [3.63, 3.8) is 0 Å². The Morgan fingerprint density at radius 1 is 1.18 bits per heavy atom. The van der Waals surface area contributed by atoms with Gasteiger partial charge in [-0.25, -0.2) is 22.0 Å². The highest BCUT2D eigenvalue weighted by molar-refractivity contribution is 4.90. The van der Waals surface area contributed by atoms with Crippen LogP contribution >= 0.6 is 0 Å². The van der Waals surface area contributed by atoms with E-state index in [-0.39, 0.29) is 6.08 Å². The topological polar surface area (TPSA) is 0 Å². The molecule has 0 aliphatic heterocycles. The zero-order valence-electron chi connectivity index (χ0n) is 5.59. The minimum atomic E-state index is -3.96. The summed E-state index contributed by atoms with van der Waals surface area (Å²) in [5.41, 5.74) is 0. The summed E-state index contributed by atoms with van der Waals surface area (Å²) in [5.74, 6) is -7.66. The number of alkyl halides is 5. The Morgan fingerprint density at radius 2 is 1.64 bits per heavy atom. The molecule has 0 atom stereocenters. The lowest BCUT2D eigenvalue weighted by Crippen LogP contribution is -2.29. The number of halogens is 5. The largest absolute Gasteiger partial charge is 0.282 e. The number of hydrogen-bond acceptors (Lipinski definition) is 0. The molecule has 0 N–H and O–H groups in total. The quantitative estimate of drug-likeness (QED) is 0.454. The van der Waals surface area contributed by atoms with Crippen molar-refractivity contribution in [2.75, 3.05) is 6.67 Å². The van der Waals surface area contributed by atoms with Crippen LogP contribution in [0, 0.1) is 0 Å². The molecule has 0 nitrogen and oxygen atoms in total. The van der Waals surface area contributed by atoms with E-state index >= 15 is 0 Å². The van der Waals surface area contributed by atoms with Gasteiger partial charge >= 0.3 is 0 Å². The summed E-state index contributed by atoms with van der Waals surface area (Å²) in [6.45, 7) is 0.572. The Morgan fingerprint density at radius 3 is 1.91 bits per heavy atom. The Hall–Kier alpha value is -0.610. The second-order valence-electron chi connectivity index (χ2n) is 2.13. The van der Waals surface area contributed by atoms with Crippen LogP contribution in [0.4, 0.5) is 22.0 Å². The van der Waals surface area contributed by atoms with Crippen LogP contribution < -0.4 is 0 Å². The second-order valence-corrected chi connectivity index (χ2v) is 2.13. The fourth-order valence-electron chi connectivity index (χ4n) is 0.464. The molecule has 0 heterocycles. The van der Waals surface area contributed by atoms with Crippen molar-refractivity contribution in [2.24, 2.45) is 0 Å². The van der Waals surface area contributed by atoms with E-state index in [4.69, 9.17) is 0 Å². The van der Waals surface area contributed by atoms with Gasteiger partial charge in [0.15, 0.2) is 6.67 Å². The first kappa shape index (κ1) is 10.4. The summed E-state index contributed by atoms with van der Waals surface area (Å²) >= 11 is 0. The molecule has 0 aromatic heterocycles. The normalized spacial score (nSPS) is 13.2. The monoisotopic (exact) mass is 174 g/mol. The van der Waals surface area contributed by atoms with Crippen LogP contribution in [0.25, 0.3) is 0 Å². The van der Waals surface area contributed by atoms with E-state index in [1.807, 2.05) is 0 Å². The molecular formula is C6H7F5. The molecule has 0 aliphatic rings. The second kappa shape index (κ2) is 3.19. The molecule has 0 saturated heterocycles. The molecule has 0 bridgehead atoms. The van der Waals surface area contributed by atoms with E-state index in [1.54, 1.807) is 0 Å². The molecular weight excluding hydrogens is 167 g/mol. The van der Waals surface area contributed by atoms with Gasteiger partial charge in [0.25, 0.3) is 11.8 Å². The highest BCUT2D eigenvalue weighted by Crippen LogP contribution is 2.31. The minimum Gasteiger partial charge on any atom is -0.244 e. The molecule has 0 saturated carbocycles. The van der Waals surface area contributed by atoms with Crippen LogP contribution in [-0.2, 0) is 0 Å². The van der Waals surface area contributed by atoms with Gasteiger partial charge in [0.2, 0.25) is 0 Å². The standard InChI is InChI=1S/C6H7F5/c1-2-5(8,9)3-6(10,11)4-7/h2H,1,3-4H2. The average Bonchev–Trinajstić information content (AvgIpc) is 1.86. The van der Waals surface area contributed by atoms with E-state index in [0.29, 0.717) is 0 Å². The zero-order valence-corrected chi connectivity index (χ0v) is 5.59. The van der Waals surface area contributed by atoms with Crippen LogP contribution in [0.15, 0.2) is 12.7 Å². The predicted octanol–water partition coefficient (Wildman–Crippen LogP) is 2.80. The summed E-state index contributed by atoms with van der Waals surface area (Å²) < 4.78 is 59.3. The number of hydrogen-bond donors (Lipinski definition) is 0. The fourth-order valence-corrected chi connectivity index (χ4v) is 0.464. The van der Waals surface area contributed by atoms with Gasteiger partial charge in [-0.1, -0.05) is 6.58 Å². The molecule has 0 fully saturated rings. The summed E-state index contributed by atoms with van der Waals surface area (Å²) in [6, 6.07) is 0. The minimum absolute atomic E-state index is 0.0799. The van der Waals surface area contributed by atoms with E-state index < -0.39 is 24.9 Å². The average molecular weight is 174 g/mol. The fraction of sp³-hybridized carbons (Fsp3) is 0.667. The third kappa shape index (κ3) is 3.95. The van der Waals surface area contributed by atoms with Crippen LogP contribution in [-0.4, -0.2) is 18.5 Å². The van der Waals surface area contributed by atoms with Crippen molar-refractivity contribution in [3.05, 3.63) is 12.7 Å². The third-order valence-electron chi connectivity index (χ3n) is 0.988. The molecule has 0 spiro atoms. The molecule has 0 aromatic carbocycles. The Bertz CT molecular complexity index is 140. The molecule has 66 valence electrons. The van der Waals surface area contributed by atoms with Crippen LogP contribution in [0.5, 0.6) is 0 Å². The zero-order chi connectivity index (χ0) is 9.12. The predicted molar refractivity (Wildman–Crippen MR) is 30.7 cm³/mol. The molecule has 5 heteroatoms. The summed E-state index contributed by atoms with van der Waals surface area (Å²) in [7, 11) is 0. The molecule has 0 aliphatic carbocycles. The number of rotatable bonds is 4. The van der Waals surface area contributed by atoms with Crippen molar-refractivity contribution in [1.29, 1.82) is 0 Å². The maximum Gasteiger partial charge on any atom is 0.282 e. The first-order chi connectivity index (χ1) is 4.83. The van der Waals surface area contributed by atoms with Gasteiger partial charge in [0.05, 0.1) is 6.42 Å². The van der Waals surface area contributed by atoms with E-state index in [1.165, 1.54) is 0 Å². The van der Waals surface area contributed by atoms with Gasteiger partial charge in [-0.2, -0.15) is 0 Å². The van der Waals surface area contributed by atoms with Crippen molar-refractivity contribution < 1.29 is 22.0 Å². The summed E-state index contributed by atoms with van der Waals surface area (Å²) in [5, 5.41) is 0. The number of allylic oxidation sites excluding steroid dienone is 1. The van der Waals surface area contributed by atoms with Crippen LogP contribution in [0.1, 0.15) is 6.42 Å². The Kier molecular flexibility index (Phi) is 3.02. The van der Waals surface area contributed by atoms with E-state index in [2.05, 4.69) is 6.58 Å². The van der Waals surface area contributed by atoms with E-state index in [0.717, 1.165) is 0 Å². The Labute approximate surface area is 60.7 Å². The van der Waals surface area contributed by atoms with Crippen molar-refractivity contribution in [1.82, 2.24) is 0 Å². The van der Waals surface area contributed by atoms with Gasteiger partial charge in [-0.05, 0) is 6.08 Å². The maximum absolute atomic E-state index is 12.1. The van der Waals surface area contributed by atoms with Crippen LogP contribution in [0.2, 0.25) is 0 Å². The van der Waals surface area contributed by atoms with Gasteiger partial charge in [0, 0.05) is 0 Å². The molecule has 0 radical (unpaired) electrons. The van der Waals surface area contributed by atoms with E-state index in [9.17, 15) is 22.0 Å². The van der Waals surface area contributed by atoms with Gasteiger partial charge < -0.3 is 0 Å². The molecule has 0 rings (SSSR count). The lowest BCUT2D eigenvalue weighted by atomic mass is 10.1. The lowest BCUT2D eigenvalue weighted by molar-refractivity contribution is -0.0972.